The number of guanidine groups is 1. The number of carboxylic acid groups (broad SMARTS) is 1. The van der Waals surface area contributed by atoms with Crippen molar-refractivity contribution in [3.63, 3.8) is 0 Å². The zero-order valence-electron chi connectivity index (χ0n) is 22.1. The first-order valence-corrected chi connectivity index (χ1v) is 15.2. The Hall–Kier alpha value is -3.60. The van der Waals surface area contributed by atoms with E-state index >= 15 is 0 Å². The standard InChI is InChI=1S/C27H24Cl2N4O3S.C2H4O2/c28-20-7-12-24(29)23(16-20)17-3-1-4-19(15-17)27(25-31-13-2-14-33(25)26(30)32-27)18-5-8-21(9-6-18)36-37(34,35)22-10-11-22;1-2(3)4/h1,3-9,12,15-16,22H,2,10-11,13-14H2,(H2,30,32);1H3,(H,3,4). The third-order valence-corrected chi connectivity index (χ3v) is 9.15. The monoisotopic (exact) mass is 614 g/mol. The highest BCUT2D eigenvalue weighted by Gasteiger charge is 2.49. The molecule has 0 bridgehead atoms. The van der Waals surface area contributed by atoms with Gasteiger partial charge in [0.05, 0.1) is 5.25 Å². The van der Waals surface area contributed by atoms with Gasteiger partial charge in [-0.3, -0.25) is 14.7 Å². The number of carbonyl (C=O) groups is 1. The van der Waals surface area contributed by atoms with Crippen molar-refractivity contribution in [2.45, 2.75) is 37.0 Å². The summed E-state index contributed by atoms with van der Waals surface area (Å²) in [4.78, 5) is 20.8. The van der Waals surface area contributed by atoms with Gasteiger partial charge in [-0.1, -0.05) is 53.5 Å². The van der Waals surface area contributed by atoms with Crippen molar-refractivity contribution < 1.29 is 22.5 Å². The van der Waals surface area contributed by atoms with Crippen LogP contribution < -0.4 is 9.92 Å². The number of nitrogens with zero attached hydrogens (tertiary/aromatic N) is 3. The van der Waals surface area contributed by atoms with Gasteiger partial charge in [0.2, 0.25) is 0 Å². The van der Waals surface area contributed by atoms with Crippen LogP contribution in [0.4, 0.5) is 0 Å². The smallest absolute Gasteiger partial charge is 0.312 e. The molecule has 0 radical (unpaired) electrons. The lowest BCUT2D eigenvalue weighted by atomic mass is 9.81. The maximum absolute atomic E-state index is 12.3. The fourth-order valence-electron chi connectivity index (χ4n) is 4.92. The number of amidine groups is 1. The second kappa shape index (κ2) is 11.3. The molecule has 12 heteroatoms. The van der Waals surface area contributed by atoms with E-state index in [1.54, 1.807) is 24.3 Å². The highest BCUT2D eigenvalue weighted by Crippen LogP contribution is 2.44. The van der Waals surface area contributed by atoms with Gasteiger partial charge in [0.15, 0.2) is 11.5 Å². The molecule has 9 nitrogen and oxygen atoms in total. The number of halogens is 2. The molecule has 3 aliphatic rings. The maximum Gasteiger partial charge on any atom is 0.312 e. The molecule has 0 saturated heterocycles. The van der Waals surface area contributed by atoms with Crippen molar-refractivity contribution in [2.24, 2.45) is 15.7 Å². The Morgan fingerprint density at radius 1 is 1.07 bits per heavy atom. The summed E-state index contributed by atoms with van der Waals surface area (Å²) >= 11 is 12.8. The maximum atomic E-state index is 12.3. The van der Waals surface area contributed by atoms with Gasteiger partial charge in [0, 0.05) is 35.6 Å². The van der Waals surface area contributed by atoms with E-state index in [2.05, 4.69) is 0 Å². The number of rotatable bonds is 6. The predicted octanol–water partition coefficient (Wildman–Crippen LogP) is 5.30. The first-order chi connectivity index (χ1) is 19.5. The Labute approximate surface area is 248 Å². The van der Waals surface area contributed by atoms with Crippen molar-refractivity contribution in [3.05, 3.63) is 87.9 Å². The molecule has 1 saturated carbocycles. The van der Waals surface area contributed by atoms with E-state index < -0.39 is 26.9 Å². The van der Waals surface area contributed by atoms with Crippen molar-refractivity contribution in [2.75, 3.05) is 13.1 Å². The van der Waals surface area contributed by atoms with Crippen molar-refractivity contribution in [3.8, 4) is 16.9 Å². The minimum absolute atomic E-state index is 0.266. The zero-order valence-corrected chi connectivity index (χ0v) is 24.5. The van der Waals surface area contributed by atoms with Crippen molar-refractivity contribution in [1.29, 1.82) is 0 Å². The number of fused-ring (bicyclic) bond motifs is 1. The van der Waals surface area contributed by atoms with Crippen LogP contribution in [-0.2, 0) is 20.5 Å². The van der Waals surface area contributed by atoms with Gasteiger partial charge in [-0.25, -0.2) is 4.99 Å². The van der Waals surface area contributed by atoms with E-state index in [-0.39, 0.29) is 5.75 Å². The molecule has 214 valence electrons. The number of benzene rings is 3. The number of carboxylic acids is 1. The Morgan fingerprint density at radius 3 is 2.46 bits per heavy atom. The molecule has 3 N–H and O–H groups in total. The van der Waals surface area contributed by atoms with Gasteiger partial charge in [-0.2, -0.15) is 8.42 Å². The molecule has 3 aromatic carbocycles. The van der Waals surface area contributed by atoms with Crippen LogP contribution in [0, 0.1) is 0 Å². The van der Waals surface area contributed by atoms with E-state index in [4.69, 9.17) is 53.0 Å². The van der Waals surface area contributed by atoms with E-state index in [0.717, 1.165) is 48.0 Å². The molecule has 41 heavy (non-hydrogen) atoms. The fraction of sp³-hybridized carbons (Fsp3) is 0.276. The molecule has 1 atom stereocenters. The fourth-order valence-corrected chi connectivity index (χ4v) is 6.54. The zero-order chi connectivity index (χ0) is 29.4. The Kier molecular flexibility index (Phi) is 8.00. The van der Waals surface area contributed by atoms with E-state index in [0.29, 0.717) is 35.4 Å². The van der Waals surface area contributed by atoms with Crippen LogP contribution >= 0.6 is 23.2 Å². The molecular formula is C29H28Cl2N4O5S. The van der Waals surface area contributed by atoms with Gasteiger partial charge in [0.1, 0.15) is 11.6 Å². The molecule has 0 amide bonds. The summed E-state index contributed by atoms with van der Waals surface area (Å²) < 4.78 is 30.0. The number of aliphatic carboxylic acids is 1. The topological polar surface area (TPSA) is 135 Å². The lowest BCUT2D eigenvalue weighted by molar-refractivity contribution is -0.134. The molecule has 6 rings (SSSR count). The van der Waals surface area contributed by atoms with Gasteiger partial charge in [-0.05, 0) is 72.4 Å². The highest BCUT2D eigenvalue weighted by molar-refractivity contribution is 7.88. The Bertz CT molecular complexity index is 1650. The molecule has 3 aromatic rings. The largest absolute Gasteiger partial charge is 0.481 e. The predicted molar refractivity (Wildman–Crippen MR) is 160 cm³/mol. The minimum Gasteiger partial charge on any atom is -0.481 e. The average Bonchev–Trinajstić information content (AvgIpc) is 3.76. The van der Waals surface area contributed by atoms with Crippen LogP contribution in [0.2, 0.25) is 10.0 Å². The lowest BCUT2D eigenvalue weighted by Crippen LogP contribution is -2.46. The molecule has 2 aliphatic heterocycles. The van der Waals surface area contributed by atoms with Gasteiger partial charge in [0.25, 0.3) is 5.97 Å². The van der Waals surface area contributed by atoms with Crippen LogP contribution in [0.15, 0.2) is 76.7 Å². The Balaban J connectivity index is 0.000000794. The highest BCUT2D eigenvalue weighted by atomic mass is 35.5. The first kappa shape index (κ1) is 28.9. The van der Waals surface area contributed by atoms with Crippen molar-refractivity contribution >= 4 is 51.1 Å². The SMILES string of the molecule is CC(=O)O.NC1=NC(c2ccc(OS(=O)(=O)C3CC3)cc2)(c2cccc(-c3cc(Cl)ccc3Cl)c2)C2=NCCCN12. The summed E-state index contributed by atoms with van der Waals surface area (Å²) in [5.41, 5.74) is 8.75. The molecule has 1 unspecified atom stereocenters. The molecule has 0 aromatic heterocycles. The van der Waals surface area contributed by atoms with E-state index in [1.807, 2.05) is 47.4 Å². The molecular weight excluding hydrogens is 587 g/mol. The summed E-state index contributed by atoms with van der Waals surface area (Å²) in [5.74, 6) is 0.564. The third-order valence-electron chi connectivity index (χ3n) is 6.88. The summed E-state index contributed by atoms with van der Waals surface area (Å²) in [6, 6.07) is 20.3. The van der Waals surface area contributed by atoms with E-state index in [9.17, 15) is 8.42 Å². The summed E-state index contributed by atoms with van der Waals surface area (Å²) in [6.45, 7) is 2.47. The number of nitrogens with two attached hydrogens (primary N) is 1. The van der Waals surface area contributed by atoms with Crippen molar-refractivity contribution in [1.82, 2.24) is 4.90 Å². The number of hydrogen-bond donors (Lipinski definition) is 2. The number of aliphatic imine (C=N–C) groups is 2. The second-order valence-corrected chi connectivity index (χ2v) is 12.6. The second-order valence-electron chi connectivity index (χ2n) is 9.91. The van der Waals surface area contributed by atoms with Gasteiger partial charge in [-0.15, -0.1) is 0 Å². The van der Waals surface area contributed by atoms with Crippen LogP contribution in [0.25, 0.3) is 11.1 Å². The summed E-state index contributed by atoms with van der Waals surface area (Å²) in [6.07, 6.45) is 2.15. The van der Waals surface area contributed by atoms with Crippen LogP contribution in [0.3, 0.4) is 0 Å². The van der Waals surface area contributed by atoms with Crippen LogP contribution in [0.1, 0.15) is 37.3 Å². The van der Waals surface area contributed by atoms with E-state index in [1.165, 1.54) is 0 Å². The van der Waals surface area contributed by atoms with Crippen LogP contribution in [-0.4, -0.2) is 54.5 Å². The minimum atomic E-state index is -3.61. The average molecular weight is 616 g/mol. The number of hydrogen-bond acceptors (Lipinski definition) is 8. The summed E-state index contributed by atoms with van der Waals surface area (Å²) in [7, 11) is -3.61. The Morgan fingerprint density at radius 2 is 1.78 bits per heavy atom. The third kappa shape index (κ3) is 5.91. The molecule has 2 heterocycles. The molecule has 1 fully saturated rings. The first-order valence-electron chi connectivity index (χ1n) is 13.0. The normalized spacial score (nSPS) is 19.8. The van der Waals surface area contributed by atoms with Gasteiger partial charge < -0.3 is 15.0 Å². The van der Waals surface area contributed by atoms with Gasteiger partial charge >= 0.3 is 10.1 Å². The molecule has 0 spiro atoms. The quantitative estimate of drug-likeness (QED) is 0.360. The molecule has 1 aliphatic carbocycles. The van der Waals surface area contributed by atoms with Crippen LogP contribution in [0.5, 0.6) is 5.75 Å². The lowest BCUT2D eigenvalue weighted by Gasteiger charge is -2.33. The summed E-state index contributed by atoms with van der Waals surface area (Å²) in [5, 5.41) is 8.17.